The number of carboxylic acids is 1. The molecule has 0 aliphatic heterocycles. The molecule has 2 aliphatic rings. The molecular weight excluding hydrogens is 334 g/mol. The highest BCUT2D eigenvalue weighted by Crippen LogP contribution is 2.48. The van der Waals surface area contributed by atoms with Crippen LogP contribution in [0.1, 0.15) is 6.42 Å². The van der Waals surface area contributed by atoms with Gasteiger partial charge in [-0.25, -0.2) is 0 Å². The number of rotatable bonds is 5. The molecule has 1 fully saturated rings. The monoisotopic (exact) mass is 351 g/mol. The summed E-state index contributed by atoms with van der Waals surface area (Å²) in [5, 5.41) is 12.6. The zero-order valence-electron chi connectivity index (χ0n) is 13.3. The molecule has 7 heteroatoms. The van der Waals surface area contributed by atoms with Crippen LogP contribution in [0.15, 0.2) is 24.3 Å². The van der Waals surface area contributed by atoms with Crippen LogP contribution in [0.5, 0.6) is 11.5 Å². The topological polar surface area (TPSA) is 84.9 Å². The molecule has 4 atom stereocenters. The molecule has 2 N–H and O–H groups in total. The van der Waals surface area contributed by atoms with Crippen molar-refractivity contribution in [1.82, 2.24) is 0 Å². The van der Waals surface area contributed by atoms with Gasteiger partial charge in [-0.05, 0) is 18.3 Å². The Morgan fingerprint density at radius 1 is 1.12 bits per heavy atom. The number of carboxylic acid groups (broad SMARTS) is 1. The van der Waals surface area contributed by atoms with E-state index < -0.39 is 17.8 Å². The van der Waals surface area contributed by atoms with Gasteiger partial charge in [-0.3, -0.25) is 9.59 Å². The van der Waals surface area contributed by atoms with E-state index in [0.717, 1.165) is 0 Å². The van der Waals surface area contributed by atoms with Crippen molar-refractivity contribution < 1.29 is 24.2 Å². The van der Waals surface area contributed by atoms with Gasteiger partial charge in [0, 0.05) is 12.1 Å². The van der Waals surface area contributed by atoms with Gasteiger partial charge in [0.2, 0.25) is 5.91 Å². The fraction of sp³-hybridized carbons (Fsp3) is 0.412. The minimum absolute atomic E-state index is 0.0451. The number of hydrogen-bond acceptors (Lipinski definition) is 4. The van der Waals surface area contributed by atoms with E-state index in [1.807, 2.05) is 12.2 Å². The third-order valence-electron chi connectivity index (χ3n) is 4.78. The maximum absolute atomic E-state index is 12.7. The first-order valence-corrected chi connectivity index (χ1v) is 7.97. The Hall–Kier alpha value is -2.21. The Morgan fingerprint density at radius 2 is 1.75 bits per heavy atom. The first-order valence-electron chi connectivity index (χ1n) is 7.59. The van der Waals surface area contributed by atoms with E-state index >= 15 is 0 Å². The van der Waals surface area contributed by atoms with E-state index in [9.17, 15) is 14.7 Å². The number of halogens is 1. The van der Waals surface area contributed by atoms with Crippen molar-refractivity contribution in [2.75, 3.05) is 19.5 Å². The molecule has 0 radical (unpaired) electrons. The fourth-order valence-corrected chi connectivity index (χ4v) is 3.92. The summed E-state index contributed by atoms with van der Waals surface area (Å²) in [6, 6.07) is 3.11. The standard InChI is InChI=1S/C17H18ClNO5/c1-23-12-7-11(13(24-2)6-10(12)18)19-16(20)14-8-3-4-9(5-8)15(14)17(21)22/h3-4,6-9,14-15H,5H2,1-2H3,(H,19,20)(H,21,22)/t8?,9?,14-,15+/m1/s1. The summed E-state index contributed by atoms with van der Waals surface area (Å²) in [6.45, 7) is 0. The molecule has 6 nitrogen and oxygen atoms in total. The number of benzene rings is 1. The molecule has 2 unspecified atom stereocenters. The number of aliphatic carboxylic acids is 1. The lowest BCUT2D eigenvalue weighted by atomic mass is 9.82. The molecular formula is C17H18ClNO5. The number of carbonyl (C=O) groups is 2. The summed E-state index contributed by atoms with van der Waals surface area (Å²) in [5.41, 5.74) is 0.402. The van der Waals surface area contributed by atoms with Crippen LogP contribution in [0.2, 0.25) is 5.02 Å². The van der Waals surface area contributed by atoms with E-state index in [1.54, 1.807) is 12.1 Å². The average molecular weight is 352 g/mol. The average Bonchev–Trinajstić information content (AvgIpc) is 3.16. The van der Waals surface area contributed by atoms with E-state index in [1.165, 1.54) is 14.2 Å². The number of allylic oxidation sites excluding steroid dienone is 2. The first kappa shape index (κ1) is 16.6. The smallest absolute Gasteiger partial charge is 0.307 e. The minimum Gasteiger partial charge on any atom is -0.495 e. The van der Waals surface area contributed by atoms with Crippen molar-refractivity contribution in [1.29, 1.82) is 0 Å². The van der Waals surface area contributed by atoms with Crippen LogP contribution >= 0.6 is 11.6 Å². The highest BCUT2D eigenvalue weighted by atomic mass is 35.5. The van der Waals surface area contributed by atoms with Crippen molar-refractivity contribution in [3.63, 3.8) is 0 Å². The van der Waals surface area contributed by atoms with Crippen LogP contribution in [0.3, 0.4) is 0 Å². The second-order valence-electron chi connectivity index (χ2n) is 6.01. The zero-order chi connectivity index (χ0) is 17.4. The third kappa shape index (κ3) is 2.71. The summed E-state index contributed by atoms with van der Waals surface area (Å²) >= 11 is 6.06. The molecule has 0 spiro atoms. The molecule has 0 saturated heterocycles. The van der Waals surface area contributed by atoms with Gasteiger partial charge in [0.1, 0.15) is 11.5 Å². The van der Waals surface area contributed by atoms with Gasteiger partial charge >= 0.3 is 5.97 Å². The Kier molecular flexibility index (Phi) is 4.41. The van der Waals surface area contributed by atoms with Crippen molar-refractivity contribution in [3.05, 3.63) is 29.3 Å². The number of carbonyl (C=O) groups excluding carboxylic acids is 1. The largest absolute Gasteiger partial charge is 0.495 e. The molecule has 0 heterocycles. The number of amides is 1. The second-order valence-corrected chi connectivity index (χ2v) is 6.42. The van der Waals surface area contributed by atoms with Crippen molar-refractivity contribution in [2.45, 2.75) is 6.42 Å². The molecule has 128 valence electrons. The molecule has 2 bridgehead atoms. The van der Waals surface area contributed by atoms with Crippen molar-refractivity contribution >= 4 is 29.2 Å². The number of ether oxygens (including phenoxy) is 2. The molecule has 1 amide bonds. The van der Waals surface area contributed by atoms with Crippen LogP contribution < -0.4 is 14.8 Å². The maximum Gasteiger partial charge on any atom is 0.307 e. The number of hydrogen-bond donors (Lipinski definition) is 2. The van der Waals surface area contributed by atoms with E-state index in [-0.39, 0.29) is 17.7 Å². The summed E-state index contributed by atoms with van der Waals surface area (Å²) in [6.07, 6.45) is 4.54. The van der Waals surface area contributed by atoms with E-state index in [0.29, 0.717) is 28.6 Å². The first-order chi connectivity index (χ1) is 11.5. The molecule has 0 aromatic heterocycles. The zero-order valence-corrected chi connectivity index (χ0v) is 14.0. The number of nitrogens with one attached hydrogen (secondary N) is 1. The van der Waals surface area contributed by atoms with Gasteiger partial charge in [0.25, 0.3) is 0 Å². The normalized spacial score (nSPS) is 27.1. The number of fused-ring (bicyclic) bond motifs is 2. The second kappa shape index (κ2) is 6.36. The lowest BCUT2D eigenvalue weighted by Crippen LogP contribution is -2.36. The molecule has 1 aromatic rings. The molecule has 2 aliphatic carbocycles. The quantitative estimate of drug-likeness (QED) is 0.797. The van der Waals surface area contributed by atoms with Gasteiger partial charge in [-0.15, -0.1) is 0 Å². The van der Waals surface area contributed by atoms with Crippen LogP contribution in [0, 0.1) is 23.7 Å². The number of methoxy groups -OCH3 is 2. The molecule has 1 aromatic carbocycles. The highest BCUT2D eigenvalue weighted by molar-refractivity contribution is 6.32. The van der Waals surface area contributed by atoms with Gasteiger partial charge < -0.3 is 19.9 Å². The predicted octanol–water partition coefficient (Wildman–Crippen LogP) is 2.82. The SMILES string of the molecule is COc1cc(NC(=O)[C@@H]2C3C=CC(C3)[C@@H]2C(=O)O)c(OC)cc1Cl. The molecule has 1 saturated carbocycles. The lowest BCUT2D eigenvalue weighted by Gasteiger charge is -2.24. The maximum atomic E-state index is 12.7. The minimum atomic E-state index is -0.937. The fourth-order valence-electron chi connectivity index (χ4n) is 3.69. The molecule has 24 heavy (non-hydrogen) atoms. The summed E-state index contributed by atoms with van der Waals surface area (Å²) in [4.78, 5) is 24.3. The van der Waals surface area contributed by atoms with Crippen molar-refractivity contribution in [3.8, 4) is 11.5 Å². The predicted molar refractivity (Wildman–Crippen MR) is 88.5 cm³/mol. The number of anilines is 1. The third-order valence-corrected chi connectivity index (χ3v) is 5.07. The van der Waals surface area contributed by atoms with Crippen LogP contribution in [-0.4, -0.2) is 31.2 Å². The van der Waals surface area contributed by atoms with E-state index in [2.05, 4.69) is 5.32 Å². The highest BCUT2D eigenvalue weighted by Gasteiger charge is 2.51. The van der Waals surface area contributed by atoms with Crippen LogP contribution in [0.4, 0.5) is 5.69 Å². The summed E-state index contributed by atoms with van der Waals surface area (Å²) in [7, 11) is 2.94. The Balaban J connectivity index is 1.87. The summed E-state index contributed by atoms with van der Waals surface area (Å²) in [5.74, 6) is -1.89. The Labute approximate surface area is 144 Å². The van der Waals surface area contributed by atoms with Gasteiger partial charge in [0.15, 0.2) is 0 Å². The van der Waals surface area contributed by atoms with Gasteiger partial charge in [-0.1, -0.05) is 23.8 Å². The summed E-state index contributed by atoms with van der Waals surface area (Å²) < 4.78 is 10.4. The Bertz CT molecular complexity index is 717. The van der Waals surface area contributed by atoms with Gasteiger partial charge in [-0.2, -0.15) is 0 Å². The van der Waals surface area contributed by atoms with Crippen LogP contribution in [-0.2, 0) is 9.59 Å². The van der Waals surface area contributed by atoms with Gasteiger partial charge in [0.05, 0.1) is 36.8 Å². The Morgan fingerprint density at radius 3 is 2.33 bits per heavy atom. The van der Waals surface area contributed by atoms with E-state index in [4.69, 9.17) is 21.1 Å². The molecule has 3 rings (SSSR count). The lowest BCUT2D eigenvalue weighted by molar-refractivity contribution is -0.146. The van der Waals surface area contributed by atoms with Crippen molar-refractivity contribution in [2.24, 2.45) is 23.7 Å². The van der Waals surface area contributed by atoms with Crippen LogP contribution in [0.25, 0.3) is 0 Å².